The number of hydrogen-bond acceptors (Lipinski definition) is 7. The number of carbonyl (C=O) groups is 1. The molecule has 0 unspecified atom stereocenters. The van der Waals surface area contributed by atoms with Crippen LogP contribution in [0, 0.1) is 0 Å². The number of aromatic nitrogens is 2. The van der Waals surface area contributed by atoms with Crippen LogP contribution in [0.2, 0.25) is 0 Å². The number of amides is 1. The Morgan fingerprint density at radius 2 is 1.92 bits per heavy atom. The van der Waals surface area contributed by atoms with Gasteiger partial charge in [0.15, 0.2) is 0 Å². The number of nitrogens with one attached hydrogen (secondary N) is 1. The first-order chi connectivity index (χ1) is 12.7. The van der Waals surface area contributed by atoms with Gasteiger partial charge in [-0.2, -0.15) is 0 Å². The second-order valence-electron chi connectivity index (χ2n) is 5.14. The van der Waals surface area contributed by atoms with E-state index in [4.69, 9.17) is 9.15 Å². The van der Waals surface area contributed by atoms with E-state index in [0.29, 0.717) is 11.1 Å². The third kappa shape index (κ3) is 4.59. The topological polar surface area (TPSA) is 77.2 Å². The van der Waals surface area contributed by atoms with Crippen molar-refractivity contribution in [3.05, 3.63) is 48.5 Å². The van der Waals surface area contributed by atoms with Gasteiger partial charge >= 0.3 is 0 Å². The standard InChI is InChI=1S/C18H17N3O3S2/c1-23-13-9-7-12(8-10-13)17-20-21-18(24-17)26-11-16(22)19-14-5-3-4-6-15(14)25-2/h3-10H,11H2,1-2H3,(H,19,22). The fraction of sp³-hybridized carbons (Fsp3) is 0.167. The van der Waals surface area contributed by atoms with Crippen molar-refractivity contribution in [3.8, 4) is 17.2 Å². The Hall–Kier alpha value is -2.45. The molecule has 3 aromatic rings. The Bertz CT molecular complexity index is 881. The highest BCUT2D eigenvalue weighted by Crippen LogP contribution is 2.26. The average molecular weight is 387 g/mol. The molecule has 0 aliphatic rings. The van der Waals surface area contributed by atoms with Crippen LogP contribution in [0.15, 0.2) is 63.1 Å². The van der Waals surface area contributed by atoms with Gasteiger partial charge in [0.05, 0.1) is 18.6 Å². The minimum atomic E-state index is -0.124. The third-order valence-electron chi connectivity index (χ3n) is 3.45. The first kappa shape index (κ1) is 18.3. The molecule has 0 spiro atoms. The summed E-state index contributed by atoms with van der Waals surface area (Å²) in [6, 6.07) is 15.0. The maximum atomic E-state index is 12.2. The molecule has 26 heavy (non-hydrogen) atoms. The Morgan fingerprint density at radius 1 is 1.15 bits per heavy atom. The van der Waals surface area contributed by atoms with Crippen molar-refractivity contribution in [1.82, 2.24) is 10.2 Å². The van der Waals surface area contributed by atoms with Crippen molar-refractivity contribution in [2.75, 3.05) is 24.4 Å². The van der Waals surface area contributed by atoms with Crippen molar-refractivity contribution in [2.45, 2.75) is 10.1 Å². The summed E-state index contributed by atoms with van der Waals surface area (Å²) in [6.07, 6.45) is 1.97. The summed E-state index contributed by atoms with van der Waals surface area (Å²) in [5, 5.41) is 11.2. The van der Waals surface area contributed by atoms with Crippen molar-refractivity contribution in [1.29, 1.82) is 0 Å². The summed E-state index contributed by atoms with van der Waals surface area (Å²) >= 11 is 2.78. The smallest absolute Gasteiger partial charge is 0.277 e. The summed E-state index contributed by atoms with van der Waals surface area (Å²) in [4.78, 5) is 13.2. The summed E-state index contributed by atoms with van der Waals surface area (Å²) in [5.41, 5.74) is 1.60. The van der Waals surface area contributed by atoms with E-state index >= 15 is 0 Å². The van der Waals surface area contributed by atoms with E-state index in [1.165, 1.54) is 11.8 Å². The zero-order chi connectivity index (χ0) is 18.4. The number of anilines is 1. The molecule has 0 saturated heterocycles. The summed E-state index contributed by atoms with van der Waals surface area (Å²) in [7, 11) is 1.61. The molecular weight excluding hydrogens is 370 g/mol. The minimum Gasteiger partial charge on any atom is -0.497 e. The number of para-hydroxylation sites is 1. The van der Waals surface area contributed by atoms with Crippen LogP contribution in [-0.2, 0) is 4.79 Å². The van der Waals surface area contributed by atoms with Crippen molar-refractivity contribution < 1.29 is 13.9 Å². The van der Waals surface area contributed by atoms with Crippen molar-refractivity contribution in [2.24, 2.45) is 0 Å². The Labute approximate surface area is 159 Å². The van der Waals surface area contributed by atoms with E-state index in [1.54, 1.807) is 18.9 Å². The number of rotatable bonds is 7. The van der Waals surface area contributed by atoms with Gasteiger partial charge in [-0.05, 0) is 42.7 Å². The number of benzene rings is 2. The van der Waals surface area contributed by atoms with E-state index in [0.717, 1.165) is 21.9 Å². The zero-order valence-electron chi connectivity index (χ0n) is 14.3. The monoisotopic (exact) mass is 387 g/mol. The lowest BCUT2D eigenvalue weighted by molar-refractivity contribution is -0.113. The first-order valence-corrected chi connectivity index (χ1v) is 9.94. The molecule has 0 fully saturated rings. The van der Waals surface area contributed by atoms with E-state index < -0.39 is 0 Å². The molecule has 8 heteroatoms. The first-order valence-electron chi connectivity index (χ1n) is 7.73. The quantitative estimate of drug-likeness (QED) is 0.609. The van der Waals surface area contributed by atoms with Gasteiger partial charge in [0.2, 0.25) is 11.8 Å². The highest BCUT2D eigenvalue weighted by atomic mass is 32.2. The van der Waals surface area contributed by atoms with Gasteiger partial charge in [0.1, 0.15) is 5.75 Å². The maximum absolute atomic E-state index is 12.2. The number of nitrogens with zero attached hydrogens (tertiary/aromatic N) is 2. The number of hydrogen-bond donors (Lipinski definition) is 1. The molecule has 0 saturated carbocycles. The van der Waals surface area contributed by atoms with Crippen LogP contribution < -0.4 is 10.1 Å². The molecule has 3 rings (SSSR count). The van der Waals surface area contributed by atoms with Crippen LogP contribution in [0.25, 0.3) is 11.5 Å². The highest BCUT2D eigenvalue weighted by molar-refractivity contribution is 7.99. The second-order valence-corrected chi connectivity index (χ2v) is 6.91. The Balaban J connectivity index is 1.58. The second kappa shape index (κ2) is 8.77. The van der Waals surface area contributed by atoms with E-state index in [1.807, 2.05) is 54.8 Å². The molecular formula is C18H17N3O3S2. The lowest BCUT2D eigenvalue weighted by Crippen LogP contribution is -2.14. The largest absolute Gasteiger partial charge is 0.497 e. The maximum Gasteiger partial charge on any atom is 0.277 e. The van der Waals surface area contributed by atoms with Crippen LogP contribution >= 0.6 is 23.5 Å². The zero-order valence-corrected chi connectivity index (χ0v) is 15.9. The van der Waals surface area contributed by atoms with Crippen LogP contribution in [-0.4, -0.2) is 35.2 Å². The minimum absolute atomic E-state index is 0.124. The molecule has 1 heterocycles. The average Bonchev–Trinajstić information content (AvgIpc) is 3.16. The predicted octanol–water partition coefficient (Wildman–Crippen LogP) is 4.20. The molecule has 0 radical (unpaired) electrons. The molecule has 1 N–H and O–H groups in total. The molecule has 1 amide bonds. The molecule has 0 aliphatic heterocycles. The Kier molecular flexibility index (Phi) is 6.19. The van der Waals surface area contributed by atoms with Gasteiger partial charge in [-0.1, -0.05) is 23.9 Å². The molecule has 6 nitrogen and oxygen atoms in total. The van der Waals surface area contributed by atoms with E-state index in [2.05, 4.69) is 15.5 Å². The van der Waals surface area contributed by atoms with Crippen molar-refractivity contribution in [3.63, 3.8) is 0 Å². The van der Waals surface area contributed by atoms with Crippen LogP contribution in [0.4, 0.5) is 5.69 Å². The number of thioether (sulfide) groups is 2. The molecule has 2 aromatic carbocycles. The summed E-state index contributed by atoms with van der Waals surface area (Å²) in [5.74, 6) is 1.22. The fourth-order valence-electron chi connectivity index (χ4n) is 2.18. The molecule has 0 atom stereocenters. The summed E-state index contributed by atoms with van der Waals surface area (Å²) in [6.45, 7) is 0. The van der Waals surface area contributed by atoms with Gasteiger partial charge in [-0.3, -0.25) is 4.79 Å². The van der Waals surface area contributed by atoms with Gasteiger partial charge < -0.3 is 14.5 Å². The van der Waals surface area contributed by atoms with Gasteiger partial charge in [0.25, 0.3) is 5.22 Å². The molecule has 134 valence electrons. The Morgan fingerprint density at radius 3 is 2.65 bits per heavy atom. The van der Waals surface area contributed by atoms with E-state index in [9.17, 15) is 4.79 Å². The predicted molar refractivity (Wildman–Crippen MR) is 104 cm³/mol. The molecule has 0 aliphatic carbocycles. The fourth-order valence-corrected chi connectivity index (χ4v) is 3.30. The van der Waals surface area contributed by atoms with Gasteiger partial charge in [-0.25, -0.2) is 0 Å². The number of carbonyl (C=O) groups excluding carboxylic acids is 1. The van der Waals surface area contributed by atoms with Crippen LogP contribution in [0.3, 0.4) is 0 Å². The van der Waals surface area contributed by atoms with Gasteiger partial charge in [-0.15, -0.1) is 22.0 Å². The lowest BCUT2D eigenvalue weighted by atomic mass is 10.2. The van der Waals surface area contributed by atoms with Crippen LogP contribution in [0.1, 0.15) is 0 Å². The summed E-state index contributed by atoms with van der Waals surface area (Å²) < 4.78 is 10.7. The molecule has 1 aromatic heterocycles. The third-order valence-corrected chi connectivity index (χ3v) is 5.07. The number of ether oxygens (including phenoxy) is 1. The lowest BCUT2D eigenvalue weighted by Gasteiger charge is -2.08. The molecule has 0 bridgehead atoms. The van der Waals surface area contributed by atoms with Crippen molar-refractivity contribution >= 4 is 35.1 Å². The number of methoxy groups -OCH3 is 1. The SMILES string of the molecule is COc1ccc(-c2nnc(SCC(=O)Nc3ccccc3SC)o2)cc1. The normalized spacial score (nSPS) is 10.5. The van der Waals surface area contributed by atoms with E-state index in [-0.39, 0.29) is 11.7 Å². The van der Waals surface area contributed by atoms with Crippen LogP contribution in [0.5, 0.6) is 5.75 Å². The highest BCUT2D eigenvalue weighted by Gasteiger charge is 2.12. The van der Waals surface area contributed by atoms with Gasteiger partial charge in [0, 0.05) is 10.5 Å².